The standard InChI is InChI=1S/C18H24N2O3S.ClH/c1-19-17(21)13-24-18(19)7-10-20(11-8-18)9-6-14-12-22-15-4-2-3-5-16(15)23-14;/h2-5,14H,6-13H2,1H3;1H. The van der Waals surface area contributed by atoms with E-state index in [0.717, 1.165) is 50.4 Å². The first kappa shape index (κ1) is 18.7. The van der Waals surface area contributed by atoms with Gasteiger partial charge < -0.3 is 19.3 Å². The lowest BCUT2D eigenvalue weighted by Gasteiger charge is -2.42. The molecule has 2 saturated heterocycles. The topological polar surface area (TPSA) is 42.0 Å². The van der Waals surface area contributed by atoms with Crippen LogP contribution in [0.4, 0.5) is 0 Å². The minimum absolute atomic E-state index is 0. The van der Waals surface area contributed by atoms with Crippen LogP contribution in [0.25, 0.3) is 0 Å². The maximum Gasteiger partial charge on any atom is 0.233 e. The van der Waals surface area contributed by atoms with Crippen LogP contribution in [-0.2, 0) is 4.79 Å². The predicted molar refractivity (Wildman–Crippen MR) is 102 cm³/mol. The van der Waals surface area contributed by atoms with Crippen molar-refractivity contribution in [3.05, 3.63) is 24.3 Å². The Bertz CT molecular complexity index is 622. The number of piperidine rings is 1. The third-order valence-corrected chi connectivity index (χ3v) is 7.03. The van der Waals surface area contributed by atoms with Gasteiger partial charge in [0.25, 0.3) is 0 Å². The van der Waals surface area contributed by atoms with Crippen LogP contribution < -0.4 is 9.47 Å². The smallest absolute Gasteiger partial charge is 0.233 e. The van der Waals surface area contributed by atoms with Gasteiger partial charge in [0.05, 0.1) is 10.6 Å². The Morgan fingerprint density at radius 3 is 2.64 bits per heavy atom. The molecule has 0 bridgehead atoms. The van der Waals surface area contributed by atoms with E-state index in [1.807, 2.05) is 48.0 Å². The highest BCUT2D eigenvalue weighted by Crippen LogP contribution is 2.43. The fraction of sp³-hybridized carbons (Fsp3) is 0.611. The van der Waals surface area contributed by atoms with Gasteiger partial charge in [-0.25, -0.2) is 0 Å². The van der Waals surface area contributed by atoms with Crippen LogP contribution in [-0.4, -0.2) is 65.7 Å². The van der Waals surface area contributed by atoms with E-state index < -0.39 is 0 Å². The lowest BCUT2D eigenvalue weighted by Crippen LogP contribution is -2.50. The molecular weight excluding hydrogens is 360 g/mol. The Morgan fingerprint density at radius 1 is 1.24 bits per heavy atom. The maximum absolute atomic E-state index is 11.8. The second kappa shape index (κ2) is 7.64. The van der Waals surface area contributed by atoms with Gasteiger partial charge >= 0.3 is 0 Å². The lowest BCUT2D eigenvalue weighted by molar-refractivity contribution is -0.129. The van der Waals surface area contributed by atoms with E-state index in [-0.39, 0.29) is 29.3 Å². The molecule has 1 amide bonds. The zero-order valence-corrected chi connectivity index (χ0v) is 16.1. The quantitative estimate of drug-likeness (QED) is 0.801. The summed E-state index contributed by atoms with van der Waals surface area (Å²) in [5.41, 5.74) is 0. The summed E-state index contributed by atoms with van der Waals surface area (Å²) in [6, 6.07) is 7.86. The number of nitrogens with zero attached hydrogens (tertiary/aromatic N) is 2. The van der Waals surface area contributed by atoms with Crippen LogP contribution in [0, 0.1) is 0 Å². The molecule has 3 aliphatic heterocycles. The molecule has 1 aromatic rings. The van der Waals surface area contributed by atoms with Crippen molar-refractivity contribution in [2.24, 2.45) is 0 Å². The molecule has 3 aliphatic rings. The number of benzene rings is 1. The largest absolute Gasteiger partial charge is 0.486 e. The van der Waals surface area contributed by atoms with E-state index in [0.29, 0.717) is 12.4 Å². The number of hydrogen-bond donors (Lipinski definition) is 0. The van der Waals surface area contributed by atoms with Gasteiger partial charge in [0.1, 0.15) is 12.7 Å². The van der Waals surface area contributed by atoms with Crippen LogP contribution in [0.5, 0.6) is 11.5 Å². The number of carbonyl (C=O) groups is 1. The number of carbonyl (C=O) groups excluding carboxylic acids is 1. The van der Waals surface area contributed by atoms with Crippen LogP contribution >= 0.6 is 24.2 Å². The molecule has 1 spiro atoms. The number of ether oxygens (including phenoxy) is 2. The number of rotatable bonds is 3. The summed E-state index contributed by atoms with van der Waals surface area (Å²) in [6.07, 6.45) is 3.22. The molecule has 0 aromatic heterocycles. The summed E-state index contributed by atoms with van der Waals surface area (Å²) < 4.78 is 11.8. The first-order valence-electron chi connectivity index (χ1n) is 8.68. The Morgan fingerprint density at radius 2 is 1.96 bits per heavy atom. The van der Waals surface area contributed by atoms with Gasteiger partial charge in [-0.1, -0.05) is 12.1 Å². The van der Waals surface area contributed by atoms with E-state index in [9.17, 15) is 4.79 Å². The Balaban J connectivity index is 0.00000182. The summed E-state index contributed by atoms with van der Waals surface area (Å²) in [5, 5.41) is 0. The average molecular weight is 385 g/mol. The van der Waals surface area contributed by atoms with E-state index in [1.165, 1.54) is 0 Å². The molecule has 1 atom stereocenters. The van der Waals surface area contributed by atoms with Gasteiger partial charge in [-0.2, -0.15) is 0 Å². The highest BCUT2D eigenvalue weighted by molar-refractivity contribution is 8.01. The summed E-state index contributed by atoms with van der Waals surface area (Å²) in [6.45, 7) is 3.75. The lowest BCUT2D eigenvalue weighted by atomic mass is 10.0. The minimum atomic E-state index is 0. The number of halogens is 1. The second-order valence-corrected chi connectivity index (χ2v) is 8.15. The maximum atomic E-state index is 11.8. The van der Waals surface area contributed by atoms with Gasteiger partial charge in [0.15, 0.2) is 11.5 Å². The molecule has 5 nitrogen and oxygen atoms in total. The third kappa shape index (κ3) is 3.71. The first-order valence-corrected chi connectivity index (χ1v) is 9.66. The summed E-state index contributed by atoms with van der Waals surface area (Å²) in [5.74, 6) is 2.62. The molecule has 1 unspecified atom stereocenters. The van der Waals surface area contributed by atoms with Crippen molar-refractivity contribution in [1.29, 1.82) is 0 Å². The number of fused-ring (bicyclic) bond motifs is 1. The molecule has 0 radical (unpaired) electrons. The molecule has 1 aromatic carbocycles. The molecule has 0 saturated carbocycles. The second-order valence-electron chi connectivity index (χ2n) is 6.82. The Hall–Kier alpha value is -1.11. The van der Waals surface area contributed by atoms with E-state index in [2.05, 4.69) is 4.90 Å². The van der Waals surface area contributed by atoms with Gasteiger partial charge in [0, 0.05) is 33.1 Å². The molecular formula is C18H25ClN2O3S. The van der Waals surface area contributed by atoms with Crippen molar-refractivity contribution in [2.75, 3.05) is 39.0 Å². The van der Waals surface area contributed by atoms with E-state index >= 15 is 0 Å². The summed E-state index contributed by atoms with van der Waals surface area (Å²) >= 11 is 1.83. The van der Waals surface area contributed by atoms with E-state index in [4.69, 9.17) is 9.47 Å². The Labute approximate surface area is 159 Å². The molecule has 0 aliphatic carbocycles. The Kier molecular flexibility index (Phi) is 5.71. The van der Waals surface area contributed by atoms with Crippen molar-refractivity contribution in [3.8, 4) is 11.5 Å². The molecule has 0 N–H and O–H groups in total. The van der Waals surface area contributed by atoms with Crippen LogP contribution in [0.1, 0.15) is 19.3 Å². The van der Waals surface area contributed by atoms with Crippen molar-refractivity contribution < 1.29 is 14.3 Å². The minimum Gasteiger partial charge on any atom is -0.486 e. The van der Waals surface area contributed by atoms with Crippen LogP contribution in [0.2, 0.25) is 0 Å². The molecule has 7 heteroatoms. The monoisotopic (exact) mass is 384 g/mol. The average Bonchev–Trinajstić information content (AvgIpc) is 2.90. The van der Waals surface area contributed by atoms with Gasteiger partial charge in [0.2, 0.25) is 5.91 Å². The fourth-order valence-corrected chi connectivity index (χ4v) is 5.11. The fourth-order valence-electron chi connectivity index (χ4n) is 3.75. The molecule has 25 heavy (non-hydrogen) atoms. The van der Waals surface area contributed by atoms with Crippen LogP contribution in [0.15, 0.2) is 24.3 Å². The van der Waals surface area contributed by atoms with Crippen molar-refractivity contribution in [3.63, 3.8) is 0 Å². The number of hydrogen-bond acceptors (Lipinski definition) is 5. The van der Waals surface area contributed by atoms with Crippen LogP contribution in [0.3, 0.4) is 0 Å². The first-order chi connectivity index (χ1) is 11.7. The number of thioether (sulfide) groups is 1. The normalized spacial score (nSPS) is 25.1. The van der Waals surface area contributed by atoms with Gasteiger partial charge in [-0.3, -0.25) is 4.79 Å². The zero-order chi connectivity index (χ0) is 16.6. The summed E-state index contributed by atoms with van der Waals surface area (Å²) in [7, 11) is 1.96. The zero-order valence-electron chi connectivity index (χ0n) is 14.5. The van der Waals surface area contributed by atoms with Crippen molar-refractivity contribution in [1.82, 2.24) is 9.80 Å². The number of likely N-dealkylation sites (tertiary alicyclic amines) is 1. The number of amides is 1. The van der Waals surface area contributed by atoms with E-state index in [1.54, 1.807) is 0 Å². The molecule has 4 rings (SSSR count). The highest BCUT2D eigenvalue weighted by atomic mass is 35.5. The van der Waals surface area contributed by atoms with Gasteiger partial charge in [-0.15, -0.1) is 24.2 Å². The highest BCUT2D eigenvalue weighted by Gasteiger charge is 2.45. The SMILES string of the molecule is CN1C(=O)CSC12CCN(CCC1COc3ccccc3O1)CC2.Cl. The number of para-hydroxylation sites is 2. The summed E-state index contributed by atoms with van der Waals surface area (Å²) in [4.78, 5) is 16.3. The van der Waals surface area contributed by atoms with Crippen molar-refractivity contribution >= 4 is 30.1 Å². The molecule has 138 valence electrons. The third-order valence-electron chi connectivity index (χ3n) is 5.42. The van der Waals surface area contributed by atoms with Gasteiger partial charge in [-0.05, 0) is 25.0 Å². The molecule has 2 fully saturated rings. The van der Waals surface area contributed by atoms with Crippen molar-refractivity contribution in [2.45, 2.75) is 30.2 Å². The molecule has 3 heterocycles. The predicted octanol–water partition coefficient (Wildman–Crippen LogP) is 2.64.